The quantitative estimate of drug-likeness (QED) is 0.788. The zero-order valence-corrected chi connectivity index (χ0v) is 9.88. The van der Waals surface area contributed by atoms with Crippen molar-refractivity contribution in [3.63, 3.8) is 0 Å². The molecule has 0 spiro atoms. The van der Waals surface area contributed by atoms with Crippen LogP contribution in [-0.2, 0) is 10.8 Å². The van der Waals surface area contributed by atoms with Gasteiger partial charge in [-0.2, -0.15) is 5.26 Å². The predicted octanol–water partition coefficient (Wildman–Crippen LogP) is 0.716. The van der Waals surface area contributed by atoms with Crippen LogP contribution in [-0.4, -0.2) is 27.2 Å². The molecule has 1 atom stereocenters. The van der Waals surface area contributed by atoms with Gasteiger partial charge in [0.1, 0.15) is 11.9 Å². The number of nitrogens with zero attached hydrogens (tertiary/aromatic N) is 2. The molecule has 0 saturated heterocycles. The van der Waals surface area contributed by atoms with Gasteiger partial charge >= 0.3 is 0 Å². The average Bonchev–Trinajstić information content (AvgIpc) is 2.30. The molecule has 0 aliphatic carbocycles. The van der Waals surface area contributed by atoms with Crippen LogP contribution in [0.15, 0.2) is 12.3 Å². The highest BCUT2D eigenvalue weighted by molar-refractivity contribution is 7.84. The second kappa shape index (κ2) is 6.08. The van der Waals surface area contributed by atoms with Crippen molar-refractivity contribution >= 4 is 22.3 Å². The summed E-state index contributed by atoms with van der Waals surface area (Å²) in [4.78, 5) is 4.01. The van der Waals surface area contributed by atoms with Gasteiger partial charge in [0.15, 0.2) is 0 Å². The maximum absolute atomic E-state index is 11.2. The summed E-state index contributed by atoms with van der Waals surface area (Å²) in [5.74, 6) is 1.75. The monoisotopic (exact) mass is 238 g/mol. The zero-order valence-electron chi connectivity index (χ0n) is 9.06. The number of anilines is 2. The topological polar surface area (TPSA) is 91.8 Å². The van der Waals surface area contributed by atoms with Crippen LogP contribution in [0.2, 0.25) is 0 Å². The molecule has 1 aromatic rings. The van der Waals surface area contributed by atoms with E-state index in [9.17, 15) is 4.21 Å². The standard InChI is InChI=1S/C10H14N4OS/c1-2-16(15)4-3-13-10-9(12)5-8(6-11)7-14-10/h5,7H,2-4,12H2,1H3,(H,13,14). The highest BCUT2D eigenvalue weighted by Gasteiger charge is 2.02. The Kier molecular flexibility index (Phi) is 4.73. The first-order chi connectivity index (χ1) is 7.67. The molecule has 1 aromatic heterocycles. The summed E-state index contributed by atoms with van der Waals surface area (Å²) in [6.45, 7) is 2.44. The molecule has 0 radical (unpaired) electrons. The molecule has 0 aliphatic heterocycles. The highest BCUT2D eigenvalue weighted by Crippen LogP contribution is 2.15. The number of nitrogens with two attached hydrogens (primary N) is 1. The van der Waals surface area contributed by atoms with E-state index < -0.39 is 10.8 Å². The molecule has 0 aromatic carbocycles. The third-order valence-electron chi connectivity index (χ3n) is 1.99. The lowest BCUT2D eigenvalue weighted by Gasteiger charge is -2.07. The molecule has 1 heterocycles. The van der Waals surface area contributed by atoms with Crippen molar-refractivity contribution in [2.45, 2.75) is 6.92 Å². The maximum Gasteiger partial charge on any atom is 0.149 e. The van der Waals surface area contributed by atoms with Crippen LogP contribution in [0.25, 0.3) is 0 Å². The lowest BCUT2D eigenvalue weighted by Crippen LogP contribution is -2.13. The van der Waals surface area contributed by atoms with Crippen LogP contribution in [0.4, 0.5) is 11.5 Å². The number of rotatable bonds is 5. The highest BCUT2D eigenvalue weighted by atomic mass is 32.2. The van der Waals surface area contributed by atoms with Gasteiger partial charge in [-0.25, -0.2) is 4.98 Å². The number of hydrogen-bond acceptors (Lipinski definition) is 5. The van der Waals surface area contributed by atoms with Crippen molar-refractivity contribution in [3.8, 4) is 6.07 Å². The molecule has 0 bridgehead atoms. The van der Waals surface area contributed by atoms with Gasteiger partial charge in [0, 0.05) is 35.0 Å². The maximum atomic E-state index is 11.2. The molecule has 0 amide bonds. The second-order valence-corrected chi connectivity index (χ2v) is 5.00. The van der Waals surface area contributed by atoms with Gasteiger partial charge in [0.2, 0.25) is 0 Å². The first kappa shape index (κ1) is 12.5. The van der Waals surface area contributed by atoms with Crippen molar-refractivity contribution in [1.82, 2.24) is 4.98 Å². The number of aromatic nitrogens is 1. The molecular weight excluding hydrogens is 224 g/mol. The Morgan fingerprint density at radius 1 is 1.69 bits per heavy atom. The van der Waals surface area contributed by atoms with E-state index in [0.717, 1.165) is 0 Å². The van der Waals surface area contributed by atoms with Gasteiger partial charge in [-0.1, -0.05) is 6.92 Å². The Hall–Kier alpha value is -1.61. The molecule has 16 heavy (non-hydrogen) atoms. The molecule has 0 saturated carbocycles. The summed E-state index contributed by atoms with van der Waals surface area (Å²) in [7, 11) is -0.797. The van der Waals surface area contributed by atoms with E-state index in [-0.39, 0.29) is 0 Å². The van der Waals surface area contributed by atoms with Gasteiger partial charge in [-0.3, -0.25) is 4.21 Å². The fraction of sp³-hybridized carbons (Fsp3) is 0.400. The molecule has 3 N–H and O–H groups in total. The minimum absolute atomic E-state index is 0.431. The summed E-state index contributed by atoms with van der Waals surface area (Å²) >= 11 is 0. The number of nitrogens with one attached hydrogen (secondary N) is 1. The van der Waals surface area contributed by atoms with Crippen LogP contribution >= 0.6 is 0 Å². The molecule has 6 heteroatoms. The van der Waals surface area contributed by atoms with Crippen LogP contribution in [0, 0.1) is 11.3 Å². The largest absolute Gasteiger partial charge is 0.396 e. The van der Waals surface area contributed by atoms with E-state index in [1.807, 2.05) is 13.0 Å². The van der Waals surface area contributed by atoms with E-state index in [4.69, 9.17) is 11.0 Å². The van der Waals surface area contributed by atoms with Crippen molar-refractivity contribution < 1.29 is 4.21 Å². The first-order valence-corrected chi connectivity index (χ1v) is 6.40. The molecule has 1 unspecified atom stereocenters. The lowest BCUT2D eigenvalue weighted by molar-refractivity contribution is 0.684. The van der Waals surface area contributed by atoms with Gasteiger partial charge in [-0.15, -0.1) is 0 Å². The number of pyridine rings is 1. The summed E-state index contributed by atoms with van der Waals surface area (Å²) in [5, 5.41) is 11.6. The normalized spacial score (nSPS) is 11.8. The van der Waals surface area contributed by atoms with Crippen molar-refractivity contribution in [1.29, 1.82) is 5.26 Å². The molecule has 1 rings (SSSR count). The lowest BCUT2D eigenvalue weighted by atomic mass is 10.3. The number of nitrogen functional groups attached to an aromatic ring is 1. The smallest absolute Gasteiger partial charge is 0.149 e. The zero-order chi connectivity index (χ0) is 12.0. The van der Waals surface area contributed by atoms with E-state index in [2.05, 4.69) is 10.3 Å². The van der Waals surface area contributed by atoms with Crippen molar-refractivity contribution in [2.75, 3.05) is 29.1 Å². The fourth-order valence-electron chi connectivity index (χ4n) is 1.12. The predicted molar refractivity (Wildman–Crippen MR) is 65.4 cm³/mol. The average molecular weight is 238 g/mol. The summed E-state index contributed by atoms with van der Waals surface area (Å²) in [6, 6.07) is 3.52. The van der Waals surface area contributed by atoms with Crippen LogP contribution in [0.5, 0.6) is 0 Å². The minimum Gasteiger partial charge on any atom is -0.396 e. The van der Waals surface area contributed by atoms with Crippen LogP contribution < -0.4 is 11.1 Å². The van der Waals surface area contributed by atoms with E-state index in [1.54, 1.807) is 6.07 Å². The Bertz CT molecular complexity index is 427. The SMILES string of the molecule is CCS(=O)CCNc1ncc(C#N)cc1N. The Morgan fingerprint density at radius 3 is 3.00 bits per heavy atom. The van der Waals surface area contributed by atoms with Crippen molar-refractivity contribution in [2.24, 2.45) is 0 Å². The third-order valence-corrected chi connectivity index (χ3v) is 3.29. The fourth-order valence-corrected chi connectivity index (χ4v) is 1.74. The van der Waals surface area contributed by atoms with Gasteiger partial charge < -0.3 is 11.1 Å². The third kappa shape index (κ3) is 3.51. The second-order valence-electron chi connectivity index (χ2n) is 3.13. The minimum atomic E-state index is -0.797. The number of hydrogen-bond donors (Lipinski definition) is 2. The van der Waals surface area contributed by atoms with Gasteiger partial charge in [0.25, 0.3) is 0 Å². The Labute approximate surface area is 97.1 Å². The Balaban J connectivity index is 2.55. The first-order valence-electron chi connectivity index (χ1n) is 4.91. The van der Waals surface area contributed by atoms with Gasteiger partial charge in [0.05, 0.1) is 11.3 Å². The summed E-state index contributed by atoms with van der Waals surface area (Å²) in [5.41, 5.74) is 6.56. The molecule has 5 nitrogen and oxygen atoms in total. The molecule has 0 aliphatic rings. The molecular formula is C10H14N4OS. The molecule has 86 valence electrons. The van der Waals surface area contributed by atoms with E-state index >= 15 is 0 Å². The van der Waals surface area contributed by atoms with Crippen molar-refractivity contribution in [3.05, 3.63) is 17.8 Å². The summed E-state index contributed by atoms with van der Waals surface area (Å²) < 4.78 is 11.2. The number of nitriles is 1. The molecule has 0 fully saturated rings. The van der Waals surface area contributed by atoms with E-state index in [1.165, 1.54) is 6.20 Å². The van der Waals surface area contributed by atoms with Crippen LogP contribution in [0.3, 0.4) is 0 Å². The Morgan fingerprint density at radius 2 is 2.44 bits per heavy atom. The van der Waals surface area contributed by atoms with Gasteiger partial charge in [-0.05, 0) is 6.07 Å². The van der Waals surface area contributed by atoms with Crippen LogP contribution in [0.1, 0.15) is 12.5 Å². The van der Waals surface area contributed by atoms with E-state index in [0.29, 0.717) is 35.1 Å². The summed E-state index contributed by atoms with van der Waals surface area (Å²) in [6.07, 6.45) is 1.45.